The molecule has 0 amide bonds. The van der Waals surface area contributed by atoms with Crippen molar-refractivity contribution in [2.45, 2.75) is 91.6 Å². The summed E-state index contributed by atoms with van der Waals surface area (Å²) >= 11 is 0. The number of hydrogen-bond acceptors (Lipinski definition) is 1. The second-order valence-corrected chi connectivity index (χ2v) is 6.57. The van der Waals surface area contributed by atoms with Crippen LogP contribution in [0.15, 0.2) is 0 Å². The van der Waals surface area contributed by atoms with Gasteiger partial charge in [-0.25, -0.2) is 0 Å². The van der Waals surface area contributed by atoms with Gasteiger partial charge in [0.2, 0.25) is 0 Å². The van der Waals surface area contributed by atoms with Crippen molar-refractivity contribution in [2.75, 3.05) is 0 Å². The van der Waals surface area contributed by atoms with Crippen LogP contribution in [0.2, 0.25) is 0 Å². The summed E-state index contributed by atoms with van der Waals surface area (Å²) in [5.41, 5.74) is 0.555. The molecule has 0 heterocycles. The Morgan fingerprint density at radius 3 is 1.94 bits per heavy atom. The van der Waals surface area contributed by atoms with Crippen LogP contribution in [0.4, 0.5) is 0 Å². The van der Waals surface area contributed by atoms with Crippen LogP contribution in [0.25, 0.3) is 0 Å². The van der Waals surface area contributed by atoms with Gasteiger partial charge in [0, 0.05) is 12.1 Å². The highest BCUT2D eigenvalue weighted by Crippen LogP contribution is 2.40. The zero-order valence-corrected chi connectivity index (χ0v) is 12.7. The lowest BCUT2D eigenvalue weighted by Crippen LogP contribution is -2.41. The summed E-state index contributed by atoms with van der Waals surface area (Å²) in [7, 11) is 0. The minimum Gasteiger partial charge on any atom is -0.311 e. The van der Waals surface area contributed by atoms with Gasteiger partial charge in [0.1, 0.15) is 0 Å². The molecule has 0 aromatic rings. The van der Waals surface area contributed by atoms with Gasteiger partial charge in [-0.05, 0) is 49.9 Å². The predicted octanol–water partition coefficient (Wildman–Crippen LogP) is 4.76. The Hall–Kier alpha value is -0.0400. The number of hydrogen-bond donors (Lipinski definition) is 1. The van der Waals surface area contributed by atoms with Crippen LogP contribution >= 0.6 is 0 Å². The number of nitrogens with one attached hydrogen (secondary N) is 1. The SMILES string of the molecule is CCC(CC)NC1CCC(C(C)(C)CC)CC1. The van der Waals surface area contributed by atoms with Crippen molar-refractivity contribution < 1.29 is 0 Å². The molecule has 1 nitrogen and oxygen atoms in total. The van der Waals surface area contributed by atoms with Crippen LogP contribution in [0, 0.1) is 11.3 Å². The molecule has 1 aliphatic rings. The van der Waals surface area contributed by atoms with Crippen molar-refractivity contribution >= 4 is 0 Å². The molecule has 1 N–H and O–H groups in total. The van der Waals surface area contributed by atoms with E-state index in [9.17, 15) is 0 Å². The van der Waals surface area contributed by atoms with Gasteiger partial charge >= 0.3 is 0 Å². The highest BCUT2D eigenvalue weighted by atomic mass is 14.9. The fourth-order valence-corrected chi connectivity index (χ4v) is 3.19. The average molecular weight is 239 g/mol. The van der Waals surface area contributed by atoms with Crippen LogP contribution in [0.1, 0.15) is 79.6 Å². The largest absolute Gasteiger partial charge is 0.311 e. The van der Waals surface area contributed by atoms with E-state index in [0.29, 0.717) is 5.41 Å². The van der Waals surface area contributed by atoms with Crippen molar-refractivity contribution in [2.24, 2.45) is 11.3 Å². The van der Waals surface area contributed by atoms with E-state index in [1.807, 2.05) is 0 Å². The molecule has 1 rings (SSSR count). The molecule has 0 bridgehead atoms. The van der Waals surface area contributed by atoms with E-state index in [4.69, 9.17) is 0 Å². The standard InChI is InChI=1S/C16H33N/c1-6-14(7-2)17-15-11-9-13(10-12-15)16(4,5)8-3/h13-15,17H,6-12H2,1-5H3. The lowest BCUT2D eigenvalue weighted by molar-refractivity contribution is 0.133. The Balaban J connectivity index is 2.35. The molecular weight excluding hydrogens is 206 g/mol. The highest BCUT2D eigenvalue weighted by Gasteiger charge is 2.31. The molecule has 17 heavy (non-hydrogen) atoms. The molecule has 1 aliphatic carbocycles. The molecule has 0 aliphatic heterocycles. The molecule has 0 spiro atoms. The van der Waals surface area contributed by atoms with Crippen molar-refractivity contribution in [1.29, 1.82) is 0 Å². The monoisotopic (exact) mass is 239 g/mol. The summed E-state index contributed by atoms with van der Waals surface area (Å²) in [5, 5.41) is 3.85. The molecule has 0 aromatic heterocycles. The molecule has 1 saturated carbocycles. The van der Waals surface area contributed by atoms with E-state index in [-0.39, 0.29) is 0 Å². The normalized spacial score (nSPS) is 26.5. The average Bonchev–Trinajstić information content (AvgIpc) is 2.36. The summed E-state index contributed by atoms with van der Waals surface area (Å²) in [6.07, 6.45) is 9.52. The van der Waals surface area contributed by atoms with E-state index in [1.54, 1.807) is 0 Å². The molecule has 0 saturated heterocycles. The van der Waals surface area contributed by atoms with Crippen molar-refractivity contribution in [3.8, 4) is 0 Å². The van der Waals surface area contributed by atoms with Gasteiger partial charge in [-0.3, -0.25) is 0 Å². The first kappa shape index (κ1) is 15.0. The molecule has 0 aromatic carbocycles. The zero-order valence-electron chi connectivity index (χ0n) is 12.7. The Morgan fingerprint density at radius 2 is 1.53 bits per heavy atom. The minimum absolute atomic E-state index is 0.555. The molecule has 1 heteroatoms. The summed E-state index contributed by atoms with van der Waals surface area (Å²) in [4.78, 5) is 0. The first-order valence-corrected chi connectivity index (χ1v) is 7.79. The van der Waals surface area contributed by atoms with Crippen LogP contribution < -0.4 is 5.32 Å². The van der Waals surface area contributed by atoms with Gasteiger partial charge in [-0.2, -0.15) is 0 Å². The Kier molecular flexibility index (Phi) is 5.99. The van der Waals surface area contributed by atoms with E-state index in [1.165, 1.54) is 44.9 Å². The Bertz CT molecular complexity index is 198. The van der Waals surface area contributed by atoms with Gasteiger partial charge in [0.15, 0.2) is 0 Å². The lowest BCUT2D eigenvalue weighted by atomic mass is 9.69. The van der Waals surface area contributed by atoms with Gasteiger partial charge < -0.3 is 5.32 Å². The third-order valence-electron chi connectivity index (χ3n) is 5.20. The van der Waals surface area contributed by atoms with Crippen molar-refractivity contribution in [3.63, 3.8) is 0 Å². The van der Waals surface area contributed by atoms with Crippen molar-refractivity contribution in [3.05, 3.63) is 0 Å². The lowest BCUT2D eigenvalue weighted by Gasteiger charge is -2.40. The van der Waals surface area contributed by atoms with Crippen LogP contribution in [-0.4, -0.2) is 12.1 Å². The zero-order chi connectivity index (χ0) is 12.9. The maximum atomic E-state index is 3.85. The van der Waals surface area contributed by atoms with Crippen LogP contribution in [0.3, 0.4) is 0 Å². The first-order valence-electron chi connectivity index (χ1n) is 7.79. The number of rotatable bonds is 6. The Morgan fingerprint density at radius 1 is 1.00 bits per heavy atom. The Labute approximate surface area is 109 Å². The quantitative estimate of drug-likeness (QED) is 0.704. The van der Waals surface area contributed by atoms with E-state index in [0.717, 1.165) is 18.0 Å². The molecule has 0 atom stereocenters. The third-order valence-corrected chi connectivity index (χ3v) is 5.20. The van der Waals surface area contributed by atoms with Gasteiger partial charge in [-0.15, -0.1) is 0 Å². The van der Waals surface area contributed by atoms with Crippen LogP contribution in [-0.2, 0) is 0 Å². The highest BCUT2D eigenvalue weighted by molar-refractivity contribution is 4.86. The van der Waals surface area contributed by atoms with Gasteiger partial charge in [0.05, 0.1) is 0 Å². The minimum atomic E-state index is 0.555. The molecule has 0 unspecified atom stereocenters. The van der Waals surface area contributed by atoms with Gasteiger partial charge in [0.25, 0.3) is 0 Å². The molecule has 0 radical (unpaired) electrons. The summed E-state index contributed by atoms with van der Waals surface area (Å²) in [6.45, 7) is 11.8. The molecular formula is C16H33N. The summed E-state index contributed by atoms with van der Waals surface area (Å²) < 4.78 is 0. The topological polar surface area (TPSA) is 12.0 Å². The molecule has 102 valence electrons. The van der Waals surface area contributed by atoms with E-state index < -0.39 is 0 Å². The van der Waals surface area contributed by atoms with Crippen molar-refractivity contribution in [1.82, 2.24) is 5.32 Å². The van der Waals surface area contributed by atoms with E-state index >= 15 is 0 Å². The van der Waals surface area contributed by atoms with E-state index in [2.05, 4.69) is 39.9 Å². The summed E-state index contributed by atoms with van der Waals surface area (Å²) in [5.74, 6) is 0.951. The fourth-order valence-electron chi connectivity index (χ4n) is 3.19. The maximum absolute atomic E-state index is 3.85. The molecule has 1 fully saturated rings. The third kappa shape index (κ3) is 4.28. The summed E-state index contributed by atoms with van der Waals surface area (Å²) in [6, 6.07) is 1.54. The smallest absolute Gasteiger partial charge is 0.00698 e. The maximum Gasteiger partial charge on any atom is 0.00698 e. The first-order chi connectivity index (χ1) is 8.03. The second kappa shape index (κ2) is 6.78. The van der Waals surface area contributed by atoms with Crippen LogP contribution in [0.5, 0.6) is 0 Å². The van der Waals surface area contributed by atoms with Gasteiger partial charge in [-0.1, -0.05) is 41.0 Å². The predicted molar refractivity (Wildman–Crippen MR) is 77.3 cm³/mol. The fraction of sp³-hybridized carbons (Fsp3) is 1.00. The second-order valence-electron chi connectivity index (χ2n) is 6.57.